The molecule has 5 nitrogen and oxygen atoms in total. The van der Waals surface area contributed by atoms with Gasteiger partial charge in [0.1, 0.15) is 11.9 Å². The van der Waals surface area contributed by atoms with Gasteiger partial charge in [0.2, 0.25) is 0 Å². The first kappa shape index (κ1) is 18.7. The van der Waals surface area contributed by atoms with Crippen LogP contribution in [0.5, 0.6) is 0 Å². The summed E-state index contributed by atoms with van der Waals surface area (Å²) in [6.07, 6.45) is 8.13. The van der Waals surface area contributed by atoms with Gasteiger partial charge in [0.05, 0.1) is 17.6 Å². The molecule has 1 aromatic carbocycles. The van der Waals surface area contributed by atoms with Gasteiger partial charge in [-0.05, 0) is 65.6 Å². The minimum absolute atomic E-state index is 0.281. The third-order valence-electron chi connectivity index (χ3n) is 4.62. The van der Waals surface area contributed by atoms with Gasteiger partial charge in [0.15, 0.2) is 0 Å². The Morgan fingerprint density at radius 3 is 2.55 bits per heavy atom. The predicted octanol–water partition coefficient (Wildman–Crippen LogP) is 4.37. The van der Waals surface area contributed by atoms with Crippen LogP contribution in [0.25, 0.3) is 16.7 Å². The van der Waals surface area contributed by atoms with Gasteiger partial charge >= 0.3 is 0 Å². The Bertz CT molecular complexity index is 1090. The van der Waals surface area contributed by atoms with Crippen LogP contribution >= 0.6 is 0 Å². The number of aliphatic hydroxyl groups excluding tert-OH is 1. The van der Waals surface area contributed by atoms with E-state index >= 15 is 0 Å². The largest absolute Gasteiger partial charge is 0.383 e. The molecule has 0 saturated heterocycles. The minimum atomic E-state index is -0.918. The van der Waals surface area contributed by atoms with Gasteiger partial charge in [-0.3, -0.25) is 15.1 Å². The average molecular weight is 386 g/mol. The summed E-state index contributed by atoms with van der Waals surface area (Å²) in [6.45, 7) is 0. The Morgan fingerprint density at radius 2 is 1.83 bits per heavy atom. The number of aliphatic hydroxyl groups is 1. The summed E-state index contributed by atoms with van der Waals surface area (Å²) in [7, 11) is 0. The number of aromatic nitrogens is 4. The number of aromatic amines is 1. The third-order valence-corrected chi connectivity index (χ3v) is 4.62. The van der Waals surface area contributed by atoms with Crippen LogP contribution < -0.4 is 0 Å². The highest BCUT2D eigenvalue weighted by Gasteiger charge is 2.16. The fourth-order valence-electron chi connectivity index (χ4n) is 3.17. The fraction of sp³-hybridized carbons (Fsp3) is 0.0870. The van der Waals surface area contributed by atoms with Gasteiger partial charge in [-0.25, -0.2) is 4.39 Å². The summed E-state index contributed by atoms with van der Waals surface area (Å²) in [5.74, 6) is -0.281. The molecule has 29 heavy (non-hydrogen) atoms. The van der Waals surface area contributed by atoms with Crippen LogP contribution in [0.2, 0.25) is 0 Å². The second-order valence-electron chi connectivity index (χ2n) is 6.59. The number of halogens is 1. The summed E-state index contributed by atoms with van der Waals surface area (Å²) in [5.41, 5.74) is 4.81. The van der Waals surface area contributed by atoms with Crippen molar-refractivity contribution >= 4 is 5.57 Å². The van der Waals surface area contributed by atoms with E-state index in [1.807, 2.05) is 30.3 Å². The van der Waals surface area contributed by atoms with E-state index in [1.54, 1.807) is 43.0 Å². The molecule has 2 N–H and O–H groups in total. The van der Waals surface area contributed by atoms with Crippen LogP contribution in [0.4, 0.5) is 4.39 Å². The molecule has 0 aliphatic carbocycles. The highest BCUT2D eigenvalue weighted by molar-refractivity contribution is 5.69. The van der Waals surface area contributed by atoms with Gasteiger partial charge in [-0.2, -0.15) is 5.10 Å². The number of benzene rings is 1. The molecule has 4 rings (SSSR count). The molecule has 0 radical (unpaired) electrons. The second-order valence-corrected chi connectivity index (χ2v) is 6.59. The number of nitrogens with zero attached hydrogens (tertiary/aromatic N) is 3. The summed E-state index contributed by atoms with van der Waals surface area (Å²) in [6, 6.07) is 15.7. The van der Waals surface area contributed by atoms with E-state index < -0.39 is 6.10 Å². The van der Waals surface area contributed by atoms with Gasteiger partial charge in [-0.1, -0.05) is 18.2 Å². The fourth-order valence-corrected chi connectivity index (χ4v) is 3.17. The maximum Gasteiger partial charge on any atom is 0.123 e. The van der Waals surface area contributed by atoms with Crippen molar-refractivity contribution in [1.29, 1.82) is 0 Å². The topological polar surface area (TPSA) is 74.7 Å². The summed E-state index contributed by atoms with van der Waals surface area (Å²) in [4.78, 5) is 8.45. The van der Waals surface area contributed by atoms with Crippen molar-refractivity contribution in [3.63, 3.8) is 0 Å². The molecule has 0 saturated carbocycles. The molecule has 6 heteroatoms. The number of H-pyrrole nitrogens is 1. The summed E-state index contributed by atoms with van der Waals surface area (Å²) < 4.78 is 13.3. The molecule has 144 valence electrons. The number of pyridine rings is 2. The molecular weight excluding hydrogens is 367 g/mol. The SMILES string of the molecule is OC(C=C(Cc1ccc(F)cc1)c1ccccn1)c1[nH]ncc1-c1ccncc1. The van der Waals surface area contributed by atoms with E-state index in [0.29, 0.717) is 12.1 Å². The molecule has 3 aromatic heterocycles. The first-order valence-electron chi connectivity index (χ1n) is 9.19. The maximum atomic E-state index is 13.3. The lowest BCUT2D eigenvalue weighted by molar-refractivity contribution is 0.224. The van der Waals surface area contributed by atoms with E-state index in [2.05, 4.69) is 20.2 Å². The van der Waals surface area contributed by atoms with E-state index in [1.165, 1.54) is 12.1 Å². The van der Waals surface area contributed by atoms with E-state index in [-0.39, 0.29) is 5.82 Å². The standard InChI is InChI=1S/C23H19FN4O/c24-19-6-4-16(5-7-19)13-18(21-3-1-2-10-26-21)14-22(29)23-20(15-27-28-23)17-8-11-25-12-9-17/h1-12,14-15,22,29H,13H2,(H,27,28). The molecule has 3 heterocycles. The Balaban J connectivity index is 1.69. The first-order chi connectivity index (χ1) is 14.2. The predicted molar refractivity (Wildman–Crippen MR) is 109 cm³/mol. The van der Waals surface area contributed by atoms with Gasteiger partial charge in [0.25, 0.3) is 0 Å². The zero-order valence-corrected chi connectivity index (χ0v) is 15.5. The van der Waals surface area contributed by atoms with Crippen LogP contribution in [-0.2, 0) is 6.42 Å². The quantitative estimate of drug-likeness (QED) is 0.516. The average Bonchev–Trinajstić information content (AvgIpc) is 3.26. The zero-order chi connectivity index (χ0) is 20.1. The zero-order valence-electron chi connectivity index (χ0n) is 15.5. The number of nitrogens with one attached hydrogen (secondary N) is 1. The highest BCUT2D eigenvalue weighted by Crippen LogP contribution is 2.29. The van der Waals surface area contributed by atoms with Gasteiger partial charge < -0.3 is 5.11 Å². The molecule has 0 fully saturated rings. The van der Waals surface area contributed by atoms with Crippen LogP contribution in [0.1, 0.15) is 23.1 Å². The first-order valence-corrected chi connectivity index (χ1v) is 9.19. The number of rotatable bonds is 6. The Kier molecular flexibility index (Phi) is 5.54. The Morgan fingerprint density at radius 1 is 1.03 bits per heavy atom. The molecule has 0 aliphatic heterocycles. The Hall–Kier alpha value is -3.64. The van der Waals surface area contributed by atoms with Crippen LogP contribution in [0, 0.1) is 5.82 Å². The lowest BCUT2D eigenvalue weighted by atomic mass is 9.98. The van der Waals surface area contributed by atoms with Gasteiger partial charge in [-0.15, -0.1) is 0 Å². The molecular formula is C23H19FN4O. The molecule has 0 spiro atoms. The van der Waals surface area contributed by atoms with Crippen molar-refractivity contribution in [1.82, 2.24) is 20.2 Å². The molecule has 4 aromatic rings. The van der Waals surface area contributed by atoms with Crippen molar-refractivity contribution < 1.29 is 9.50 Å². The van der Waals surface area contributed by atoms with Crippen molar-refractivity contribution in [3.05, 3.63) is 108 Å². The smallest absolute Gasteiger partial charge is 0.123 e. The van der Waals surface area contributed by atoms with E-state index in [9.17, 15) is 9.50 Å². The number of hydrogen-bond donors (Lipinski definition) is 2. The van der Waals surface area contributed by atoms with E-state index in [0.717, 1.165) is 28.0 Å². The van der Waals surface area contributed by atoms with Crippen molar-refractivity contribution in [2.45, 2.75) is 12.5 Å². The lowest BCUT2D eigenvalue weighted by Crippen LogP contribution is -2.01. The van der Waals surface area contributed by atoms with Crippen molar-refractivity contribution in [2.75, 3.05) is 0 Å². The highest BCUT2D eigenvalue weighted by atomic mass is 19.1. The van der Waals surface area contributed by atoms with Gasteiger partial charge in [0, 0.05) is 24.2 Å². The molecule has 1 unspecified atom stereocenters. The van der Waals surface area contributed by atoms with Crippen LogP contribution in [0.15, 0.2) is 85.5 Å². The summed E-state index contributed by atoms with van der Waals surface area (Å²) >= 11 is 0. The van der Waals surface area contributed by atoms with Crippen molar-refractivity contribution in [3.8, 4) is 11.1 Å². The number of hydrogen-bond acceptors (Lipinski definition) is 4. The molecule has 0 bridgehead atoms. The normalized spacial score (nSPS) is 12.7. The van der Waals surface area contributed by atoms with E-state index in [4.69, 9.17) is 0 Å². The summed E-state index contributed by atoms with van der Waals surface area (Å²) in [5, 5.41) is 18.0. The monoisotopic (exact) mass is 386 g/mol. The molecule has 0 aliphatic rings. The molecule has 0 amide bonds. The Labute approximate surface area is 167 Å². The minimum Gasteiger partial charge on any atom is -0.383 e. The second kappa shape index (κ2) is 8.58. The van der Waals surface area contributed by atoms with Crippen molar-refractivity contribution in [2.24, 2.45) is 0 Å². The van der Waals surface area contributed by atoms with Crippen LogP contribution in [0.3, 0.4) is 0 Å². The third kappa shape index (κ3) is 4.44. The number of allylic oxidation sites excluding steroid dienone is 1. The van der Waals surface area contributed by atoms with Crippen LogP contribution in [-0.4, -0.2) is 25.3 Å². The maximum absolute atomic E-state index is 13.3. The lowest BCUT2D eigenvalue weighted by Gasteiger charge is -2.12. The molecule has 1 atom stereocenters.